The van der Waals surface area contributed by atoms with E-state index in [2.05, 4.69) is 4.98 Å². The number of aryl methyl sites for hydroxylation is 2. The van der Waals surface area contributed by atoms with E-state index in [1.165, 1.54) is 18.5 Å². The third kappa shape index (κ3) is 3.06. The third-order valence-corrected chi connectivity index (χ3v) is 5.19. The summed E-state index contributed by atoms with van der Waals surface area (Å²) in [6.45, 7) is 5.82. The van der Waals surface area contributed by atoms with Crippen molar-refractivity contribution in [3.8, 4) is 5.75 Å². The van der Waals surface area contributed by atoms with Gasteiger partial charge in [0, 0.05) is 17.4 Å². The monoisotopic (exact) mass is 328 g/mol. The molecule has 21 heavy (non-hydrogen) atoms. The van der Waals surface area contributed by atoms with E-state index in [1.54, 1.807) is 19.9 Å². The van der Waals surface area contributed by atoms with Crippen molar-refractivity contribution in [3.63, 3.8) is 0 Å². The Morgan fingerprint density at radius 1 is 1.33 bits per heavy atom. The van der Waals surface area contributed by atoms with Gasteiger partial charge in [0.25, 0.3) is 10.0 Å². The van der Waals surface area contributed by atoms with Crippen LogP contribution in [0.3, 0.4) is 0 Å². The molecule has 0 bridgehead atoms. The van der Waals surface area contributed by atoms with Gasteiger partial charge >= 0.3 is 0 Å². The van der Waals surface area contributed by atoms with Crippen molar-refractivity contribution < 1.29 is 13.2 Å². The maximum atomic E-state index is 12.7. The van der Waals surface area contributed by atoms with Crippen molar-refractivity contribution in [3.05, 3.63) is 40.9 Å². The lowest BCUT2D eigenvalue weighted by atomic mass is 10.2. The molecule has 2 aromatic rings. The first-order valence-corrected chi connectivity index (χ1v) is 8.38. The lowest BCUT2D eigenvalue weighted by Gasteiger charge is -2.14. The molecule has 0 aliphatic heterocycles. The van der Waals surface area contributed by atoms with Gasteiger partial charge in [-0.2, -0.15) is 0 Å². The largest absolute Gasteiger partial charge is 0.492 e. The Morgan fingerprint density at radius 3 is 2.62 bits per heavy atom. The Bertz CT molecular complexity index is 754. The smallest absolute Gasteiger partial charge is 0.272 e. The summed E-state index contributed by atoms with van der Waals surface area (Å²) in [4.78, 5) is 4.00. The summed E-state index contributed by atoms with van der Waals surface area (Å²) in [5.41, 5.74) is 0.768. The van der Waals surface area contributed by atoms with E-state index in [4.69, 9.17) is 16.3 Å². The van der Waals surface area contributed by atoms with Gasteiger partial charge in [0.1, 0.15) is 16.5 Å². The number of ether oxygens (including phenoxy) is 1. The number of hydrogen-bond acceptors (Lipinski definition) is 4. The lowest BCUT2D eigenvalue weighted by molar-refractivity contribution is 0.309. The topological polar surface area (TPSA) is 61.2 Å². The molecule has 0 saturated carbocycles. The van der Waals surface area contributed by atoms with Crippen LogP contribution in [0.4, 0.5) is 0 Å². The number of nitrogens with zero attached hydrogens (tertiary/aromatic N) is 2. The number of hydrogen-bond donors (Lipinski definition) is 0. The molecule has 0 unspecified atom stereocenters. The summed E-state index contributed by atoms with van der Waals surface area (Å²) in [7, 11) is -3.78. The highest BCUT2D eigenvalue weighted by Crippen LogP contribution is 2.32. The molecule has 114 valence electrons. The number of rotatable bonds is 5. The van der Waals surface area contributed by atoms with Gasteiger partial charge in [0.15, 0.2) is 0 Å². The third-order valence-electron chi connectivity index (χ3n) is 3.01. The van der Waals surface area contributed by atoms with E-state index in [-0.39, 0.29) is 4.90 Å². The molecule has 2 rings (SSSR count). The molecule has 0 atom stereocenters. The van der Waals surface area contributed by atoms with E-state index in [9.17, 15) is 8.42 Å². The summed E-state index contributed by atoms with van der Waals surface area (Å²) in [6, 6.07) is 3.08. The average molecular weight is 329 g/mol. The van der Waals surface area contributed by atoms with Crippen LogP contribution >= 0.6 is 11.6 Å². The van der Waals surface area contributed by atoms with Gasteiger partial charge in [-0.05, 0) is 38.0 Å². The second-order valence-corrected chi connectivity index (χ2v) is 6.86. The fourth-order valence-electron chi connectivity index (χ4n) is 1.89. The molecule has 0 fully saturated rings. The van der Waals surface area contributed by atoms with Crippen LogP contribution < -0.4 is 4.74 Å². The van der Waals surface area contributed by atoms with Crippen LogP contribution in [-0.2, 0) is 10.0 Å². The van der Waals surface area contributed by atoms with Gasteiger partial charge in [0.2, 0.25) is 0 Å². The number of benzene rings is 1. The minimum absolute atomic E-state index is 0.0488. The summed E-state index contributed by atoms with van der Waals surface area (Å²) < 4.78 is 32.2. The zero-order valence-corrected chi connectivity index (χ0v) is 13.7. The van der Waals surface area contributed by atoms with E-state index in [0.29, 0.717) is 23.2 Å². The van der Waals surface area contributed by atoms with Gasteiger partial charge in [-0.25, -0.2) is 17.4 Å². The Labute approximate surface area is 129 Å². The van der Waals surface area contributed by atoms with Crippen molar-refractivity contribution in [1.29, 1.82) is 0 Å². The second-order valence-electron chi connectivity index (χ2n) is 4.67. The molecule has 7 heteroatoms. The predicted molar refractivity (Wildman–Crippen MR) is 81.5 cm³/mol. The van der Waals surface area contributed by atoms with Crippen molar-refractivity contribution in [2.75, 3.05) is 6.61 Å². The fourth-order valence-corrected chi connectivity index (χ4v) is 3.58. The summed E-state index contributed by atoms with van der Waals surface area (Å²) in [5.74, 6) is 0.694. The van der Waals surface area contributed by atoms with E-state index >= 15 is 0 Å². The molecule has 0 aliphatic rings. The Morgan fingerprint density at radius 2 is 2.05 bits per heavy atom. The molecule has 1 heterocycles. The van der Waals surface area contributed by atoms with E-state index in [1.807, 2.05) is 6.92 Å². The Kier molecular flexibility index (Phi) is 4.58. The van der Waals surface area contributed by atoms with Gasteiger partial charge in [-0.15, -0.1) is 0 Å². The Balaban J connectivity index is 2.61. The molecule has 1 aromatic heterocycles. The summed E-state index contributed by atoms with van der Waals surface area (Å²) >= 11 is 6.08. The SMILES string of the molecule is CCCOc1cc(C)c(Cl)cc1S(=O)(=O)n1ccnc1C. The molecule has 0 aliphatic carbocycles. The number of halogens is 1. The minimum Gasteiger partial charge on any atom is -0.492 e. The molecule has 0 N–H and O–H groups in total. The zero-order valence-electron chi connectivity index (χ0n) is 12.1. The standard InChI is InChI=1S/C14H17ClN2O3S/c1-4-7-20-13-8-10(2)12(15)9-14(13)21(18,19)17-6-5-16-11(17)3/h5-6,8-9H,4,7H2,1-3H3. The van der Waals surface area contributed by atoms with Crippen molar-refractivity contribution >= 4 is 21.6 Å². The first-order valence-electron chi connectivity index (χ1n) is 6.56. The Hall–Kier alpha value is -1.53. The van der Waals surface area contributed by atoms with Crippen LogP contribution in [0.2, 0.25) is 5.02 Å². The highest BCUT2D eigenvalue weighted by Gasteiger charge is 2.24. The van der Waals surface area contributed by atoms with Crippen molar-refractivity contribution in [2.45, 2.75) is 32.1 Å². The van der Waals surface area contributed by atoms with E-state index < -0.39 is 10.0 Å². The molecule has 0 radical (unpaired) electrons. The van der Waals surface area contributed by atoms with Gasteiger partial charge in [-0.1, -0.05) is 18.5 Å². The maximum Gasteiger partial charge on any atom is 0.272 e. The summed E-state index contributed by atoms with van der Waals surface area (Å²) in [6.07, 6.45) is 3.63. The van der Waals surface area contributed by atoms with Crippen molar-refractivity contribution in [1.82, 2.24) is 8.96 Å². The molecule has 0 saturated heterocycles. The van der Waals surface area contributed by atoms with Gasteiger partial charge in [0.05, 0.1) is 6.61 Å². The van der Waals surface area contributed by atoms with Crippen LogP contribution in [0.25, 0.3) is 0 Å². The molecule has 0 amide bonds. The number of imidazole rings is 1. The zero-order chi connectivity index (χ0) is 15.6. The minimum atomic E-state index is -3.78. The van der Waals surface area contributed by atoms with Crippen LogP contribution in [0.5, 0.6) is 5.75 Å². The molecule has 0 spiro atoms. The van der Waals surface area contributed by atoms with Crippen LogP contribution in [0.1, 0.15) is 24.7 Å². The van der Waals surface area contributed by atoms with Crippen molar-refractivity contribution in [2.24, 2.45) is 0 Å². The van der Waals surface area contributed by atoms with Gasteiger partial charge in [-0.3, -0.25) is 0 Å². The highest BCUT2D eigenvalue weighted by molar-refractivity contribution is 7.90. The van der Waals surface area contributed by atoms with Crippen LogP contribution in [-0.4, -0.2) is 24.0 Å². The maximum absolute atomic E-state index is 12.7. The molecule has 1 aromatic carbocycles. The molecule has 5 nitrogen and oxygen atoms in total. The normalized spacial score (nSPS) is 11.6. The highest BCUT2D eigenvalue weighted by atomic mass is 35.5. The quantitative estimate of drug-likeness (QED) is 0.845. The van der Waals surface area contributed by atoms with Gasteiger partial charge < -0.3 is 4.74 Å². The molecular formula is C14H17ClN2O3S. The number of aromatic nitrogens is 2. The summed E-state index contributed by atoms with van der Waals surface area (Å²) in [5, 5.41) is 0.384. The average Bonchev–Trinajstić information content (AvgIpc) is 2.86. The fraction of sp³-hybridized carbons (Fsp3) is 0.357. The predicted octanol–water partition coefficient (Wildman–Crippen LogP) is 3.18. The van der Waals surface area contributed by atoms with E-state index in [0.717, 1.165) is 16.0 Å². The first-order chi connectivity index (χ1) is 9.87. The first kappa shape index (κ1) is 15.9. The molecular weight excluding hydrogens is 312 g/mol. The van der Waals surface area contributed by atoms with Crippen LogP contribution in [0, 0.1) is 13.8 Å². The van der Waals surface area contributed by atoms with Crippen LogP contribution in [0.15, 0.2) is 29.4 Å². The second kappa shape index (κ2) is 6.07. The lowest BCUT2D eigenvalue weighted by Crippen LogP contribution is -2.15.